The number of nitrogens with one attached hydrogen (secondary N) is 1. The highest BCUT2D eigenvalue weighted by Crippen LogP contribution is 2.21. The van der Waals surface area contributed by atoms with Gasteiger partial charge in [0.15, 0.2) is 0 Å². The quantitative estimate of drug-likeness (QED) is 0.834. The van der Waals surface area contributed by atoms with Crippen LogP contribution in [0, 0.1) is 5.41 Å². The van der Waals surface area contributed by atoms with Crippen LogP contribution in [0.1, 0.15) is 46.0 Å². The zero-order valence-corrected chi connectivity index (χ0v) is 16.1. The minimum Gasteiger partial charge on any atom is -0.448 e. The van der Waals surface area contributed by atoms with Gasteiger partial charge in [0.2, 0.25) is 5.91 Å². The molecule has 7 heteroatoms. The van der Waals surface area contributed by atoms with Gasteiger partial charge in [-0.15, -0.1) is 0 Å². The van der Waals surface area contributed by atoms with E-state index < -0.39 is 5.41 Å². The topological polar surface area (TPSA) is 77.1 Å². The SMILES string of the molecule is CC(C)(COC(=O)N1CCOCC1)C(=O)NC1CCCCC1.COC. The van der Waals surface area contributed by atoms with Crippen molar-refractivity contribution in [3.63, 3.8) is 0 Å². The molecular weight excluding hydrogens is 324 g/mol. The van der Waals surface area contributed by atoms with Crippen LogP contribution >= 0.6 is 0 Å². The van der Waals surface area contributed by atoms with Crippen molar-refractivity contribution in [3.05, 3.63) is 0 Å². The number of methoxy groups -OCH3 is 1. The molecule has 0 spiro atoms. The molecule has 1 saturated heterocycles. The van der Waals surface area contributed by atoms with E-state index in [1.165, 1.54) is 19.3 Å². The second-order valence-electron chi connectivity index (χ2n) is 7.25. The summed E-state index contributed by atoms with van der Waals surface area (Å²) in [6.45, 7) is 5.92. The smallest absolute Gasteiger partial charge is 0.409 e. The van der Waals surface area contributed by atoms with Crippen molar-refractivity contribution in [2.24, 2.45) is 5.41 Å². The van der Waals surface area contributed by atoms with Gasteiger partial charge in [0.25, 0.3) is 0 Å². The normalized spacial score (nSPS) is 18.8. The fourth-order valence-electron chi connectivity index (χ4n) is 2.77. The first-order valence-corrected chi connectivity index (χ1v) is 9.11. The number of carbonyl (C=O) groups is 2. The average molecular weight is 358 g/mol. The second kappa shape index (κ2) is 11.3. The molecule has 146 valence electrons. The lowest BCUT2D eigenvalue weighted by Gasteiger charge is -2.30. The monoisotopic (exact) mass is 358 g/mol. The molecule has 1 aliphatic carbocycles. The van der Waals surface area contributed by atoms with Gasteiger partial charge in [0, 0.05) is 33.4 Å². The Hall–Kier alpha value is -1.34. The largest absolute Gasteiger partial charge is 0.448 e. The van der Waals surface area contributed by atoms with E-state index in [-0.39, 0.29) is 24.6 Å². The maximum absolute atomic E-state index is 12.4. The Balaban J connectivity index is 0.000000970. The Morgan fingerprint density at radius 1 is 1.12 bits per heavy atom. The third kappa shape index (κ3) is 8.05. The zero-order chi connectivity index (χ0) is 18.7. The molecule has 7 nitrogen and oxygen atoms in total. The standard InChI is InChI=1S/C16H28N2O4.C2H6O/c1-16(2,14(19)17-13-6-4-3-5-7-13)12-22-15(20)18-8-10-21-11-9-18;1-3-2/h13H,3-12H2,1-2H3,(H,17,19);1-2H3. The van der Waals surface area contributed by atoms with Crippen LogP contribution in [0.25, 0.3) is 0 Å². The van der Waals surface area contributed by atoms with E-state index in [0.29, 0.717) is 26.3 Å². The summed E-state index contributed by atoms with van der Waals surface area (Å²) >= 11 is 0. The number of ether oxygens (including phenoxy) is 3. The predicted molar refractivity (Wildman–Crippen MR) is 95.5 cm³/mol. The van der Waals surface area contributed by atoms with Gasteiger partial charge in [-0.2, -0.15) is 0 Å². The Labute approximate surface area is 151 Å². The molecule has 2 rings (SSSR count). The summed E-state index contributed by atoms with van der Waals surface area (Å²) < 4.78 is 14.8. The fraction of sp³-hybridized carbons (Fsp3) is 0.889. The van der Waals surface area contributed by atoms with Crippen molar-refractivity contribution in [2.45, 2.75) is 52.0 Å². The first-order valence-electron chi connectivity index (χ1n) is 9.11. The molecule has 1 heterocycles. The molecule has 1 saturated carbocycles. The van der Waals surface area contributed by atoms with Crippen molar-refractivity contribution in [1.29, 1.82) is 0 Å². The molecule has 0 aromatic carbocycles. The van der Waals surface area contributed by atoms with Crippen LogP contribution in [0.2, 0.25) is 0 Å². The number of amides is 2. The average Bonchev–Trinajstić information content (AvgIpc) is 2.62. The van der Waals surface area contributed by atoms with Gasteiger partial charge in [-0.1, -0.05) is 19.3 Å². The lowest BCUT2D eigenvalue weighted by atomic mass is 9.90. The van der Waals surface area contributed by atoms with Crippen molar-refractivity contribution in [2.75, 3.05) is 47.1 Å². The van der Waals surface area contributed by atoms with E-state index in [1.807, 2.05) is 13.8 Å². The zero-order valence-electron chi connectivity index (χ0n) is 16.1. The number of carbonyl (C=O) groups excluding carboxylic acids is 2. The molecule has 0 atom stereocenters. The lowest BCUT2D eigenvalue weighted by molar-refractivity contribution is -0.132. The van der Waals surface area contributed by atoms with Crippen molar-refractivity contribution in [1.82, 2.24) is 10.2 Å². The maximum Gasteiger partial charge on any atom is 0.409 e. The van der Waals surface area contributed by atoms with Crippen molar-refractivity contribution < 1.29 is 23.8 Å². The van der Waals surface area contributed by atoms with E-state index in [1.54, 1.807) is 19.1 Å². The Bertz CT molecular complexity index is 402. The molecule has 0 aromatic heterocycles. The van der Waals surface area contributed by atoms with E-state index in [0.717, 1.165) is 12.8 Å². The Morgan fingerprint density at radius 2 is 1.68 bits per heavy atom. The summed E-state index contributed by atoms with van der Waals surface area (Å²) in [5, 5.41) is 3.10. The van der Waals surface area contributed by atoms with Crippen LogP contribution in [0.15, 0.2) is 0 Å². The highest BCUT2D eigenvalue weighted by Gasteiger charge is 2.32. The molecule has 0 unspecified atom stereocenters. The first-order chi connectivity index (χ1) is 11.9. The molecule has 2 fully saturated rings. The molecule has 0 radical (unpaired) electrons. The summed E-state index contributed by atoms with van der Waals surface area (Å²) in [6, 6.07) is 0.274. The summed E-state index contributed by atoms with van der Waals surface area (Å²) in [6.07, 6.45) is 5.36. The van der Waals surface area contributed by atoms with Crippen LogP contribution in [-0.2, 0) is 19.0 Å². The van der Waals surface area contributed by atoms with Gasteiger partial charge >= 0.3 is 6.09 Å². The number of hydrogen-bond donors (Lipinski definition) is 1. The molecule has 2 amide bonds. The maximum atomic E-state index is 12.4. The van der Waals surface area contributed by atoms with Gasteiger partial charge in [-0.05, 0) is 26.7 Å². The van der Waals surface area contributed by atoms with Gasteiger partial charge in [0.05, 0.1) is 18.6 Å². The number of rotatable bonds is 4. The summed E-state index contributed by atoms with van der Waals surface area (Å²) in [5.74, 6) is -0.0332. The van der Waals surface area contributed by atoms with Crippen LogP contribution in [-0.4, -0.2) is 70.1 Å². The van der Waals surface area contributed by atoms with E-state index in [4.69, 9.17) is 9.47 Å². The van der Waals surface area contributed by atoms with E-state index in [9.17, 15) is 9.59 Å². The van der Waals surface area contributed by atoms with Crippen LogP contribution in [0.3, 0.4) is 0 Å². The first kappa shape index (κ1) is 21.7. The minimum atomic E-state index is -0.709. The third-order valence-electron chi connectivity index (χ3n) is 4.38. The Kier molecular flexibility index (Phi) is 9.82. The fourth-order valence-corrected chi connectivity index (χ4v) is 2.77. The predicted octanol–water partition coefficient (Wildman–Crippen LogP) is 2.19. The molecule has 2 aliphatic rings. The molecule has 0 aromatic rings. The van der Waals surface area contributed by atoms with Gasteiger partial charge in [-0.3, -0.25) is 4.79 Å². The highest BCUT2D eigenvalue weighted by atomic mass is 16.6. The molecule has 25 heavy (non-hydrogen) atoms. The third-order valence-corrected chi connectivity index (χ3v) is 4.38. The van der Waals surface area contributed by atoms with E-state index in [2.05, 4.69) is 10.1 Å². The summed E-state index contributed by atoms with van der Waals surface area (Å²) in [4.78, 5) is 26.0. The van der Waals surface area contributed by atoms with Crippen LogP contribution in [0.4, 0.5) is 4.79 Å². The van der Waals surface area contributed by atoms with Crippen LogP contribution < -0.4 is 5.32 Å². The van der Waals surface area contributed by atoms with Crippen LogP contribution in [0.5, 0.6) is 0 Å². The molecule has 1 aliphatic heterocycles. The minimum absolute atomic E-state index is 0.0332. The van der Waals surface area contributed by atoms with Gasteiger partial charge in [0.1, 0.15) is 6.61 Å². The summed E-state index contributed by atoms with van der Waals surface area (Å²) in [7, 11) is 3.25. The molecule has 1 N–H and O–H groups in total. The number of hydrogen-bond acceptors (Lipinski definition) is 5. The van der Waals surface area contributed by atoms with Crippen molar-refractivity contribution in [3.8, 4) is 0 Å². The van der Waals surface area contributed by atoms with Gasteiger partial charge in [-0.25, -0.2) is 4.79 Å². The van der Waals surface area contributed by atoms with Gasteiger partial charge < -0.3 is 24.4 Å². The highest BCUT2D eigenvalue weighted by molar-refractivity contribution is 5.82. The lowest BCUT2D eigenvalue weighted by Crippen LogP contribution is -2.47. The van der Waals surface area contributed by atoms with Crippen molar-refractivity contribution >= 4 is 12.0 Å². The second-order valence-corrected chi connectivity index (χ2v) is 7.25. The number of nitrogens with zero attached hydrogens (tertiary/aromatic N) is 1. The number of morpholine rings is 1. The molecular formula is C18H34N2O5. The summed E-state index contributed by atoms with van der Waals surface area (Å²) in [5.41, 5.74) is -0.709. The molecule has 0 bridgehead atoms. The van der Waals surface area contributed by atoms with E-state index >= 15 is 0 Å². The Morgan fingerprint density at radius 3 is 2.24 bits per heavy atom.